The summed E-state index contributed by atoms with van der Waals surface area (Å²) in [4.78, 5) is 40.6. The number of hydrogen-bond acceptors (Lipinski definition) is 6. The van der Waals surface area contributed by atoms with E-state index in [0.29, 0.717) is 53.3 Å². The Morgan fingerprint density at radius 2 is 0.588 bits per heavy atom. The van der Waals surface area contributed by atoms with Gasteiger partial charge in [0.05, 0.1) is 16.2 Å². The van der Waals surface area contributed by atoms with Gasteiger partial charge < -0.3 is 11.4 Å². The zero-order chi connectivity index (χ0) is 21.1. The summed E-state index contributed by atoms with van der Waals surface area (Å²) in [5.41, 5.74) is -0.788. The summed E-state index contributed by atoms with van der Waals surface area (Å²) in [5.74, 6) is 14.3. The van der Waals surface area contributed by atoms with Crippen molar-refractivity contribution >= 4 is 33.1 Å². The highest BCUT2D eigenvalue weighted by molar-refractivity contribution is 6.45. The number of rotatable bonds is 6. The molecule has 18 fully saturated rings. The van der Waals surface area contributed by atoms with E-state index < -0.39 is 15.1 Å². The van der Waals surface area contributed by atoms with E-state index in [1.54, 1.807) is 0 Å². The molecule has 0 spiro atoms. The lowest BCUT2D eigenvalue weighted by atomic mass is 8.96. The first kappa shape index (κ1) is 15.3. The Morgan fingerprint density at radius 3 is 0.794 bits per heavy atom. The van der Waals surface area contributed by atoms with Crippen molar-refractivity contribution in [3.63, 3.8) is 0 Å². The van der Waals surface area contributed by atoms with E-state index >= 15 is 0 Å². The molecular weight excluding hydrogens is 447 g/mol. The lowest BCUT2D eigenvalue weighted by molar-refractivity contribution is -0.599. The van der Waals surface area contributed by atoms with Gasteiger partial charge in [0, 0.05) is 0 Å². The molecular formula is C27H21AlO6. The molecule has 6 nitrogen and oxygen atoms in total. The first-order valence-corrected chi connectivity index (χ1v) is 15.7. The molecule has 34 heavy (non-hydrogen) atoms. The van der Waals surface area contributed by atoms with E-state index in [2.05, 4.69) is 0 Å². The maximum atomic E-state index is 13.5. The third kappa shape index (κ3) is 0.761. The first-order valence-electron chi connectivity index (χ1n) is 14.3. The summed E-state index contributed by atoms with van der Waals surface area (Å²) >= 11 is -3.19. The van der Waals surface area contributed by atoms with Crippen molar-refractivity contribution in [2.24, 2.45) is 141 Å². The minimum absolute atomic E-state index is 0.157. The van der Waals surface area contributed by atoms with Crippen molar-refractivity contribution in [3.8, 4) is 0 Å². The van der Waals surface area contributed by atoms with Crippen molar-refractivity contribution in [2.45, 2.75) is 0 Å². The van der Waals surface area contributed by atoms with Crippen molar-refractivity contribution in [1.29, 1.82) is 0 Å². The van der Waals surface area contributed by atoms with Gasteiger partial charge in [0.15, 0.2) is 0 Å². The van der Waals surface area contributed by atoms with Crippen LogP contribution in [0.2, 0.25) is 0 Å². The van der Waals surface area contributed by atoms with Crippen molar-refractivity contribution < 1.29 is 25.7 Å². The van der Waals surface area contributed by atoms with Gasteiger partial charge in [-0.2, -0.15) is 0 Å². The quantitative estimate of drug-likeness (QED) is 0.535. The second-order valence-corrected chi connectivity index (χ2v) is 17.2. The van der Waals surface area contributed by atoms with Gasteiger partial charge >= 0.3 is 15.1 Å². The maximum absolute atomic E-state index is 13.5. The molecule has 0 unspecified atom stereocenters. The van der Waals surface area contributed by atoms with Crippen LogP contribution in [-0.2, 0) is 25.7 Å². The molecule has 0 aromatic rings. The highest BCUT2D eigenvalue weighted by atomic mass is 27.3. The lowest BCUT2D eigenvalue weighted by Crippen LogP contribution is -3.07. The number of carbonyl (C=O) groups excluding carboxylic acids is 3. The van der Waals surface area contributed by atoms with Crippen LogP contribution in [0.15, 0.2) is 0 Å². The Bertz CT molecular complexity index is 1100. The molecule has 0 bridgehead atoms. The highest BCUT2D eigenvalue weighted by Gasteiger charge is 3.09. The fraction of sp³-hybridized carbons (Fsp3) is 0.889. The Kier molecular flexibility index (Phi) is 1.52. The Balaban J connectivity index is 0.771. The van der Waals surface area contributed by atoms with Crippen LogP contribution in [-0.4, -0.2) is 33.1 Å². The fourth-order valence-corrected chi connectivity index (χ4v) is 19.4. The molecule has 0 heterocycles. The largest absolute Gasteiger partial charge is 1.20 e. The van der Waals surface area contributed by atoms with Crippen molar-refractivity contribution in [2.75, 3.05) is 0 Å². The monoisotopic (exact) mass is 468 g/mol. The van der Waals surface area contributed by atoms with E-state index in [1.165, 1.54) is 0 Å². The van der Waals surface area contributed by atoms with Crippen LogP contribution < -0.4 is 0 Å². The molecule has 18 rings (SSSR count). The topological polar surface area (TPSA) is 78.9 Å². The minimum atomic E-state index is -3.19. The maximum Gasteiger partial charge on any atom is 1.20 e. The molecule has 0 amide bonds. The predicted molar refractivity (Wildman–Crippen MR) is 105 cm³/mol. The van der Waals surface area contributed by atoms with E-state index in [1.807, 2.05) is 0 Å². The summed E-state index contributed by atoms with van der Waals surface area (Å²) in [7, 11) is 0. The predicted octanol–water partition coefficient (Wildman–Crippen LogP) is 0.704. The van der Waals surface area contributed by atoms with E-state index in [4.69, 9.17) is 11.4 Å². The zero-order valence-corrected chi connectivity index (χ0v) is 19.3. The van der Waals surface area contributed by atoms with Crippen LogP contribution in [0.4, 0.5) is 0 Å². The van der Waals surface area contributed by atoms with Gasteiger partial charge in [0.25, 0.3) is 17.9 Å². The molecule has 0 aromatic heterocycles. The van der Waals surface area contributed by atoms with Crippen LogP contribution in [0.1, 0.15) is 0 Å². The van der Waals surface area contributed by atoms with Crippen LogP contribution in [0.5, 0.6) is 0 Å². The lowest BCUT2D eigenvalue weighted by Gasteiger charge is -3.06. The molecule has 7 heteroatoms. The van der Waals surface area contributed by atoms with E-state index in [0.717, 1.165) is 71.0 Å². The smallest absolute Gasteiger partial charge is 0.550 e. The Labute approximate surface area is 199 Å². The Hall–Kier alpha value is -1.06. The first-order chi connectivity index (χ1) is 16.6. The fourth-order valence-electron chi connectivity index (χ4n) is 18.2. The Morgan fingerprint density at radius 1 is 0.382 bits per heavy atom. The van der Waals surface area contributed by atoms with Gasteiger partial charge in [-0.1, -0.05) is 0 Å². The second kappa shape index (κ2) is 3.39. The minimum Gasteiger partial charge on any atom is -0.550 e. The van der Waals surface area contributed by atoms with Crippen molar-refractivity contribution in [3.05, 3.63) is 0 Å². The summed E-state index contributed by atoms with van der Waals surface area (Å²) in [5, 5.41) is 0. The molecule has 0 saturated heterocycles. The number of carbonyl (C=O) groups is 3. The second-order valence-electron chi connectivity index (χ2n) is 16.0. The molecule has 18 saturated carbocycles. The van der Waals surface area contributed by atoms with E-state index in [-0.39, 0.29) is 34.2 Å². The third-order valence-electron chi connectivity index (χ3n) is 18.1. The highest BCUT2D eigenvalue weighted by Crippen LogP contribution is 3.08. The zero-order valence-electron chi connectivity index (χ0n) is 18.2. The number of hydrogen-bond donors (Lipinski definition) is 0. The molecule has 0 atom stereocenters. The summed E-state index contributed by atoms with van der Waals surface area (Å²) in [6, 6.07) is 0. The summed E-state index contributed by atoms with van der Waals surface area (Å²) < 4.78 is 18.1. The standard InChI is InChI=1S/3C9H8O2.Al/c3*10-8(11)9-5-2-1-3(5)7(9)4(1)6(2)9;/h3*1-7H,(H,10,11);/q;;;+3/p-3. The van der Waals surface area contributed by atoms with Gasteiger partial charge in [-0.25, -0.2) is 0 Å². The van der Waals surface area contributed by atoms with Gasteiger partial charge in [0.2, 0.25) is 0 Å². The van der Waals surface area contributed by atoms with Crippen LogP contribution in [0.25, 0.3) is 0 Å². The van der Waals surface area contributed by atoms with E-state index in [9.17, 15) is 14.4 Å². The molecule has 0 N–H and O–H groups in total. The average Bonchev–Trinajstić information content (AvgIpc) is 2.88. The molecule has 18 aliphatic rings. The van der Waals surface area contributed by atoms with Gasteiger partial charge in [-0.15, -0.1) is 0 Å². The SMILES string of the molecule is O=C([O][Al]([O]C(=O)C12C3C4C5C3C1C5C42)[O]C(=O)C12C3C4C5C3C1C5C42)C12C3C4C5C3C1C5C42. The van der Waals surface area contributed by atoms with Gasteiger partial charge in [-0.3, -0.25) is 14.4 Å². The van der Waals surface area contributed by atoms with Crippen LogP contribution >= 0.6 is 0 Å². The van der Waals surface area contributed by atoms with Crippen LogP contribution in [0.3, 0.4) is 0 Å². The van der Waals surface area contributed by atoms with Gasteiger partial charge in [0.1, 0.15) is 0 Å². The third-order valence-corrected chi connectivity index (χ3v) is 19.3. The molecule has 168 valence electrons. The molecule has 0 aliphatic heterocycles. The van der Waals surface area contributed by atoms with Crippen LogP contribution in [0, 0.1) is 141 Å². The summed E-state index contributed by atoms with van der Waals surface area (Å²) in [6.45, 7) is 0. The van der Waals surface area contributed by atoms with Crippen molar-refractivity contribution in [1.82, 2.24) is 0 Å². The summed E-state index contributed by atoms with van der Waals surface area (Å²) in [6.07, 6.45) is 0. The normalized spacial score (nSPS) is 86.6. The molecule has 0 radical (unpaired) electrons. The van der Waals surface area contributed by atoms with Gasteiger partial charge in [-0.05, 0) is 124 Å². The molecule has 18 aliphatic carbocycles. The average molecular weight is 468 g/mol. The molecule has 0 aromatic carbocycles.